The summed E-state index contributed by atoms with van der Waals surface area (Å²) >= 11 is 9.14. The fraction of sp³-hybridized carbons (Fsp3) is 0.357. The van der Waals surface area contributed by atoms with Crippen LogP contribution in [0.15, 0.2) is 22.7 Å². The first-order valence-electron chi connectivity index (χ1n) is 6.25. The molecule has 1 heterocycles. The molecule has 20 heavy (non-hydrogen) atoms. The van der Waals surface area contributed by atoms with Crippen molar-refractivity contribution in [3.8, 4) is 5.75 Å². The highest BCUT2D eigenvalue weighted by Crippen LogP contribution is 2.25. The van der Waals surface area contributed by atoms with Crippen LogP contribution < -0.4 is 4.74 Å². The Kier molecular flexibility index (Phi) is 5.05. The molecule has 0 saturated heterocycles. The van der Waals surface area contributed by atoms with Gasteiger partial charge in [-0.25, -0.2) is 4.39 Å². The van der Waals surface area contributed by atoms with Crippen LogP contribution in [0.25, 0.3) is 0 Å². The standard InChI is InChI=1S/C14H15BrClFN2O/c1-3-19-12(14(15)9(2)18-19)8-20-13-5-4-10(7-16)6-11(13)17/h4-6H,3,7-8H2,1-2H3. The predicted octanol–water partition coefficient (Wildman–Crippen LogP) is 4.43. The monoisotopic (exact) mass is 360 g/mol. The first kappa shape index (κ1) is 15.3. The average molecular weight is 362 g/mol. The zero-order valence-electron chi connectivity index (χ0n) is 11.3. The third kappa shape index (κ3) is 3.15. The van der Waals surface area contributed by atoms with Gasteiger partial charge in [0.25, 0.3) is 0 Å². The maximum absolute atomic E-state index is 13.8. The Balaban J connectivity index is 2.17. The Morgan fingerprint density at radius 1 is 1.45 bits per heavy atom. The summed E-state index contributed by atoms with van der Waals surface area (Å²) in [6.45, 7) is 4.90. The molecular weight excluding hydrogens is 347 g/mol. The lowest BCUT2D eigenvalue weighted by Crippen LogP contribution is -2.07. The summed E-state index contributed by atoms with van der Waals surface area (Å²) in [7, 11) is 0. The van der Waals surface area contributed by atoms with Gasteiger partial charge in [0.15, 0.2) is 11.6 Å². The molecule has 0 aliphatic carbocycles. The number of nitrogens with zero attached hydrogens (tertiary/aromatic N) is 2. The molecule has 0 fully saturated rings. The van der Waals surface area contributed by atoms with Crippen molar-refractivity contribution in [3.63, 3.8) is 0 Å². The zero-order chi connectivity index (χ0) is 14.7. The van der Waals surface area contributed by atoms with Gasteiger partial charge in [0.2, 0.25) is 0 Å². The number of aryl methyl sites for hydroxylation is 2. The van der Waals surface area contributed by atoms with E-state index in [4.69, 9.17) is 16.3 Å². The molecule has 0 bridgehead atoms. The van der Waals surface area contributed by atoms with E-state index in [2.05, 4.69) is 21.0 Å². The van der Waals surface area contributed by atoms with Gasteiger partial charge in [0.1, 0.15) is 6.61 Å². The lowest BCUT2D eigenvalue weighted by molar-refractivity contribution is 0.277. The van der Waals surface area contributed by atoms with Crippen molar-refractivity contribution >= 4 is 27.5 Å². The minimum atomic E-state index is -0.404. The van der Waals surface area contributed by atoms with E-state index in [1.54, 1.807) is 12.1 Å². The smallest absolute Gasteiger partial charge is 0.165 e. The average Bonchev–Trinajstić information content (AvgIpc) is 2.73. The third-order valence-corrected chi connectivity index (χ3v) is 4.31. The highest BCUT2D eigenvalue weighted by Gasteiger charge is 2.13. The van der Waals surface area contributed by atoms with Crippen LogP contribution in [0.2, 0.25) is 0 Å². The summed E-state index contributed by atoms with van der Waals surface area (Å²) in [5.74, 6) is 0.0932. The first-order valence-corrected chi connectivity index (χ1v) is 7.58. The normalized spacial score (nSPS) is 10.8. The topological polar surface area (TPSA) is 27.1 Å². The van der Waals surface area contributed by atoms with Crippen molar-refractivity contribution in [2.45, 2.75) is 32.9 Å². The van der Waals surface area contributed by atoms with Crippen LogP contribution >= 0.6 is 27.5 Å². The van der Waals surface area contributed by atoms with E-state index in [-0.39, 0.29) is 18.2 Å². The second-order valence-corrected chi connectivity index (χ2v) is 5.41. The van der Waals surface area contributed by atoms with Crippen molar-refractivity contribution in [3.05, 3.63) is 45.4 Å². The van der Waals surface area contributed by atoms with E-state index in [1.165, 1.54) is 6.07 Å². The SMILES string of the molecule is CCn1nc(C)c(Br)c1COc1ccc(CCl)cc1F. The van der Waals surface area contributed by atoms with E-state index in [1.807, 2.05) is 18.5 Å². The lowest BCUT2D eigenvalue weighted by Gasteiger charge is -2.10. The molecule has 0 N–H and O–H groups in total. The van der Waals surface area contributed by atoms with Crippen LogP contribution in [0.1, 0.15) is 23.9 Å². The fourth-order valence-electron chi connectivity index (χ4n) is 1.90. The molecule has 2 aromatic rings. The minimum Gasteiger partial charge on any atom is -0.484 e. The van der Waals surface area contributed by atoms with Crippen LogP contribution in [-0.2, 0) is 19.0 Å². The van der Waals surface area contributed by atoms with Gasteiger partial charge in [0.05, 0.1) is 15.9 Å². The summed E-state index contributed by atoms with van der Waals surface area (Å²) in [5.41, 5.74) is 2.52. The number of rotatable bonds is 5. The van der Waals surface area contributed by atoms with E-state index < -0.39 is 5.82 Å². The molecule has 0 amide bonds. The number of hydrogen-bond acceptors (Lipinski definition) is 2. The number of benzene rings is 1. The van der Waals surface area contributed by atoms with Crippen molar-refractivity contribution in [2.75, 3.05) is 0 Å². The Bertz CT molecular complexity index is 615. The van der Waals surface area contributed by atoms with Gasteiger partial charge in [-0.3, -0.25) is 4.68 Å². The van der Waals surface area contributed by atoms with Crippen molar-refractivity contribution in [1.29, 1.82) is 0 Å². The maximum Gasteiger partial charge on any atom is 0.165 e. The number of hydrogen-bond donors (Lipinski definition) is 0. The predicted molar refractivity (Wildman–Crippen MR) is 80.6 cm³/mol. The first-order chi connectivity index (χ1) is 9.56. The summed E-state index contributed by atoms with van der Waals surface area (Å²) < 4.78 is 22.1. The van der Waals surface area contributed by atoms with Crippen LogP contribution in [0.3, 0.4) is 0 Å². The maximum atomic E-state index is 13.8. The van der Waals surface area contributed by atoms with Crippen molar-refractivity contribution in [1.82, 2.24) is 9.78 Å². The molecule has 0 radical (unpaired) electrons. The van der Waals surface area contributed by atoms with Crippen molar-refractivity contribution in [2.24, 2.45) is 0 Å². The Hall–Kier alpha value is -1.07. The summed E-state index contributed by atoms with van der Waals surface area (Å²) in [5, 5.41) is 4.37. The largest absolute Gasteiger partial charge is 0.484 e. The number of ether oxygens (including phenoxy) is 1. The molecule has 0 unspecified atom stereocenters. The third-order valence-electron chi connectivity index (χ3n) is 2.97. The molecule has 0 aliphatic rings. The second kappa shape index (κ2) is 6.59. The van der Waals surface area contributed by atoms with Crippen LogP contribution in [0, 0.1) is 12.7 Å². The quantitative estimate of drug-likeness (QED) is 0.737. The molecule has 0 spiro atoms. The van der Waals surface area contributed by atoms with E-state index in [0.29, 0.717) is 0 Å². The summed E-state index contributed by atoms with van der Waals surface area (Å²) in [4.78, 5) is 0. The highest BCUT2D eigenvalue weighted by molar-refractivity contribution is 9.10. The van der Waals surface area contributed by atoms with E-state index >= 15 is 0 Å². The second-order valence-electron chi connectivity index (χ2n) is 4.35. The fourth-order valence-corrected chi connectivity index (χ4v) is 2.46. The van der Waals surface area contributed by atoms with Gasteiger partial charge < -0.3 is 4.74 Å². The summed E-state index contributed by atoms with van der Waals surface area (Å²) in [6.07, 6.45) is 0. The Morgan fingerprint density at radius 3 is 2.80 bits per heavy atom. The zero-order valence-corrected chi connectivity index (χ0v) is 13.6. The lowest BCUT2D eigenvalue weighted by atomic mass is 10.2. The highest BCUT2D eigenvalue weighted by atomic mass is 79.9. The molecule has 6 heteroatoms. The molecule has 2 rings (SSSR count). The van der Waals surface area contributed by atoms with Gasteiger partial charge >= 0.3 is 0 Å². The molecule has 0 saturated carbocycles. The van der Waals surface area contributed by atoms with Crippen molar-refractivity contribution < 1.29 is 9.13 Å². The minimum absolute atomic E-state index is 0.215. The molecule has 1 aromatic heterocycles. The van der Waals surface area contributed by atoms with Crippen LogP contribution in [-0.4, -0.2) is 9.78 Å². The molecule has 108 valence electrons. The molecule has 0 atom stereocenters. The molecule has 1 aromatic carbocycles. The van der Waals surface area contributed by atoms with E-state index in [0.717, 1.165) is 28.0 Å². The Morgan fingerprint density at radius 2 is 2.20 bits per heavy atom. The van der Waals surface area contributed by atoms with Crippen LogP contribution in [0.4, 0.5) is 4.39 Å². The summed E-state index contributed by atoms with van der Waals surface area (Å²) in [6, 6.07) is 4.74. The number of halogens is 3. The Labute approximate surface area is 130 Å². The van der Waals surface area contributed by atoms with Crippen LogP contribution in [0.5, 0.6) is 5.75 Å². The number of aromatic nitrogens is 2. The number of alkyl halides is 1. The van der Waals surface area contributed by atoms with Gasteiger partial charge in [-0.2, -0.15) is 5.10 Å². The van der Waals surface area contributed by atoms with Gasteiger partial charge in [-0.15, -0.1) is 11.6 Å². The molecule has 0 aliphatic heterocycles. The van der Waals surface area contributed by atoms with Gasteiger partial charge in [-0.1, -0.05) is 6.07 Å². The van der Waals surface area contributed by atoms with E-state index in [9.17, 15) is 4.39 Å². The molecule has 3 nitrogen and oxygen atoms in total. The van der Waals surface area contributed by atoms with Gasteiger partial charge in [-0.05, 0) is 47.5 Å². The van der Waals surface area contributed by atoms with Gasteiger partial charge in [0, 0.05) is 12.4 Å². The molecular formula is C14H15BrClFN2O.